The minimum atomic E-state index is -0.211. The number of hydrogen-bond acceptors (Lipinski definition) is 2. The number of imidazole rings is 1. The third-order valence-corrected chi connectivity index (χ3v) is 5.93. The van der Waals surface area contributed by atoms with Gasteiger partial charge in [-0.2, -0.15) is 0 Å². The second-order valence-electron chi connectivity index (χ2n) is 8.12. The highest BCUT2D eigenvalue weighted by atomic mass is 19.1. The Morgan fingerprint density at radius 1 is 0.931 bits per heavy atom. The van der Waals surface area contributed by atoms with Crippen LogP contribution in [0.15, 0.2) is 72.8 Å². The second-order valence-corrected chi connectivity index (χ2v) is 8.12. The number of benzene rings is 3. The number of rotatable bonds is 3. The van der Waals surface area contributed by atoms with Gasteiger partial charge in [-0.25, -0.2) is 9.37 Å². The fourth-order valence-electron chi connectivity index (χ4n) is 4.31. The molecule has 0 amide bonds. The molecule has 2 heterocycles. The van der Waals surface area contributed by atoms with Crippen LogP contribution in [0.4, 0.5) is 10.3 Å². The molecule has 2 atom stereocenters. The van der Waals surface area contributed by atoms with Crippen molar-refractivity contribution in [3.63, 3.8) is 0 Å². The quantitative estimate of drug-likeness (QED) is 0.439. The largest absolute Gasteiger partial charge is 0.349 e. The van der Waals surface area contributed by atoms with Crippen LogP contribution in [0.1, 0.15) is 55.0 Å². The van der Waals surface area contributed by atoms with Crippen LogP contribution in [-0.4, -0.2) is 9.55 Å². The normalized spacial score (nSPS) is 18.6. The van der Waals surface area contributed by atoms with Crippen LogP contribution in [0.3, 0.4) is 0 Å². The van der Waals surface area contributed by atoms with E-state index in [1.165, 1.54) is 23.3 Å². The van der Waals surface area contributed by atoms with Crippen molar-refractivity contribution in [1.29, 1.82) is 0 Å². The highest BCUT2D eigenvalue weighted by Crippen LogP contribution is 2.41. The Morgan fingerprint density at radius 2 is 1.62 bits per heavy atom. The summed E-state index contributed by atoms with van der Waals surface area (Å²) in [6, 6.07) is 24.2. The predicted octanol–water partition coefficient (Wildman–Crippen LogP) is 6.45. The molecule has 1 aliphatic rings. The number of aromatic nitrogens is 2. The maximum atomic E-state index is 13.4. The number of fused-ring (bicyclic) bond motifs is 3. The summed E-state index contributed by atoms with van der Waals surface area (Å²) in [6.45, 7) is 4.43. The van der Waals surface area contributed by atoms with Crippen LogP contribution < -0.4 is 5.32 Å². The van der Waals surface area contributed by atoms with Crippen LogP contribution in [0.5, 0.6) is 0 Å². The molecule has 1 aromatic heterocycles. The molecule has 4 aromatic rings. The first-order valence-electron chi connectivity index (χ1n) is 10.2. The lowest BCUT2D eigenvalue weighted by Gasteiger charge is -2.33. The van der Waals surface area contributed by atoms with Gasteiger partial charge in [0.25, 0.3) is 0 Å². The molecular weight excluding hydrogens is 361 g/mol. The molecule has 0 aliphatic carbocycles. The molecule has 3 aromatic carbocycles. The number of para-hydroxylation sites is 2. The lowest BCUT2D eigenvalue weighted by molar-refractivity contribution is 0.477. The Kier molecular flexibility index (Phi) is 4.35. The van der Waals surface area contributed by atoms with E-state index in [2.05, 4.69) is 60.1 Å². The van der Waals surface area contributed by atoms with E-state index in [4.69, 9.17) is 4.98 Å². The van der Waals surface area contributed by atoms with Crippen LogP contribution in [-0.2, 0) is 0 Å². The predicted molar refractivity (Wildman–Crippen MR) is 116 cm³/mol. The van der Waals surface area contributed by atoms with Crippen molar-refractivity contribution in [2.24, 2.45) is 0 Å². The monoisotopic (exact) mass is 385 g/mol. The maximum absolute atomic E-state index is 13.4. The SMILES string of the molecule is CC(C)c1ccc([C@H]2C[C@@H](c3ccc(F)cc3)Nc3nc4ccccc4n32)cc1. The van der Waals surface area contributed by atoms with E-state index < -0.39 is 0 Å². The molecule has 29 heavy (non-hydrogen) atoms. The van der Waals surface area contributed by atoms with Crippen molar-refractivity contribution in [2.45, 2.75) is 38.3 Å². The third-order valence-electron chi connectivity index (χ3n) is 5.93. The molecule has 0 unspecified atom stereocenters. The van der Waals surface area contributed by atoms with Crippen LogP contribution in [0, 0.1) is 5.82 Å². The molecule has 5 rings (SSSR count). The Morgan fingerprint density at radius 3 is 2.34 bits per heavy atom. The Labute approximate surface area is 170 Å². The van der Waals surface area contributed by atoms with E-state index in [-0.39, 0.29) is 17.9 Å². The van der Waals surface area contributed by atoms with Gasteiger partial charge in [-0.15, -0.1) is 0 Å². The highest BCUT2D eigenvalue weighted by molar-refractivity contribution is 5.79. The number of nitrogens with zero attached hydrogens (tertiary/aromatic N) is 2. The van der Waals surface area contributed by atoms with E-state index >= 15 is 0 Å². The maximum Gasteiger partial charge on any atom is 0.204 e. The van der Waals surface area contributed by atoms with Crippen molar-refractivity contribution in [1.82, 2.24) is 9.55 Å². The molecule has 0 radical (unpaired) electrons. The van der Waals surface area contributed by atoms with Gasteiger partial charge < -0.3 is 9.88 Å². The fraction of sp³-hybridized carbons (Fsp3) is 0.240. The van der Waals surface area contributed by atoms with Gasteiger partial charge in [0, 0.05) is 0 Å². The zero-order valence-corrected chi connectivity index (χ0v) is 16.6. The standard InChI is InChI=1S/C25H24FN3/c1-16(2)17-7-9-19(10-8-17)24-15-22(18-11-13-20(26)14-12-18)28-25-27-21-5-3-4-6-23(21)29(24)25/h3-14,16,22,24H,15H2,1-2H3,(H,27,28)/t22-,24+/m0/s1. The number of nitrogens with one attached hydrogen (secondary N) is 1. The van der Waals surface area contributed by atoms with Gasteiger partial charge in [0.1, 0.15) is 5.82 Å². The van der Waals surface area contributed by atoms with Gasteiger partial charge >= 0.3 is 0 Å². The summed E-state index contributed by atoms with van der Waals surface area (Å²) in [5.74, 6) is 1.16. The summed E-state index contributed by atoms with van der Waals surface area (Å²) >= 11 is 0. The smallest absolute Gasteiger partial charge is 0.204 e. The van der Waals surface area contributed by atoms with Gasteiger partial charge in [-0.05, 0) is 53.3 Å². The first kappa shape index (κ1) is 17.9. The topological polar surface area (TPSA) is 29.9 Å². The fourth-order valence-corrected chi connectivity index (χ4v) is 4.31. The zero-order valence-electron chi connectivity index (χ0n) is 16.6. The van der Waals surface area contributed by atoms with E-state index in [9.17, 15) is 4.39 Å². The third kappa shape index (κ3) is 3.19. The van der Waals surface area contributed by atoms with Crippen LogP contribution in [0.2, 0.25) is 0 Å². The lowest BCUT2D eigenvalue weighted by atomic mass is 9.91. The first-order valence-corrected chi connectivity index (χ1v) is 10.2. The average molecular weight is 385 g/mol. The summed E-state index contributed by atoms with van der Waals surface area (Å²) in [5.41, 5.74) is 5.80. The summed E-state index contributed by atoms with van der Waals surface area (Å²) in [4.78, 5) is 4.85. The van der Waals surface area contributed by atoms with Crippen molar-refractivity contribution in [2.75, 3.05) is 5.32 Å². The lowest BCUT2D eigenvalue weighted by Crippen LogP contribution is -2.27. The van der Waals surface area contributed by atoms with Crippen molar-refractivity contribution in [3.8, 4) is 0 Å². The molecular formula is C25H24FN3. The van der Waals surface area contributed by atoms with Crippen LogP contribution in [0.25, 0.3) is 11.0 Å². The van der Waals surface area contributed by atoms with E-state index in [0.29, 0.717) is 5.92 Å². The molecule has 0 saturated heterocycles. The molecule has 4 heteroatoms. The number of anilines is 1. The Hall–Kier alpha value is -3.14. The van der Waals surface area contributed by atoms with E-state index in [1.54, 1.807) is 0 Å². The van der Waals surface area contributed by atoms with Gasteiger partial charge in [-0.1, -0.05) is 62.4 Å². The van der Waals surface area contributed by atoms with Gasteiger partial charge in [0.15, 0.2) is 0 Å². The minimum Gasteiger partial charge on any atom is -0.349 e. The first-order chi connectivity index (χ1) is 14.1. The molecule has 0 spiro atoms. The second kappa shape index (κ2) is 7.03. The molecule has 0 fully saturated rings. The summed E-state index contributed by atoms with van der Waals surface area (Å²) in [7, 11) is 0. The van der Waals surface area contributed by atoms with E-state index in [0.717, 1.165) is 29.0 Å². The molecule has 0 bridgehead atoms. The summed E-state index contributed by atoms with van der Waals surface area (Å²) < 4.78 is 15.7. The van der Waals surface area contributed by atoms with E-state index in [1.807, 2.05) is 24.3 Å². The average Bonchev–Trinajstić information content (AvgIpc) is 3.12. The van der Waals surface area contributed by atoms with Crippen molar-refractivity contribution >= 4 is 17.0 Å². The van der Waals surface area contributed by atoms with Gasteiger partial charge in [0.05, 0.1) is 23.1 Å². The molecule has 1 N–H and O–H groups in total. The Balaban J connectivity index is 1.62. The molecule has 3 nitrogen and oxygen atoms in total. The summed E-state index contributed by atoms with van der Waals surface area (Å²) in [6.07, 6.45) is 0.875. The molecule has 146 valence electrons. The van der Waals surface area contributed by atoms with Crippen molar-refractivity contribution < 1.29 is 4.39 Å². The Bertz CT molecular complexity index is 1140. The minimum absolute atomic E-state index is 0.0784. The van der Waals surface area contributed by atoms with Gasteiger partial charge in [-0.3, -0.25) is 0 Å². The molecule has 1 aliphatic heterocycles. The van der Waals surface area contributed by atoms with Crippen LogP contribution >= 0.6 is 0 Å². The van der Waals surface area contributed by atoms with Crippen molar-refractivity contribution in [3.05, 3.63) is 95.3 Å². The molecule has 0 saturated carbocycles. The summed E-state index contributed by atoms with van der Waals surface area (Å²) in [5, 5.41) is 3.58. The highest BCUT2D eigenvalue weighted by Gasteiger charge is 2.31. The number of hydrogen-bond donors (Lipinski definition) is 1. The number of halogens is 1. The van der Waals surface area contributed by atoms with Gasteiger partial charge in [0.2, 0.25) is 5.95 Å². The zero-order chi connectivity index (χ0) is 20.0.